The maximum Gasteiger partial charge on any atom is 0.139 e. The number of Topliss-reactive ketones (excluding diaryl/α,β-unsaturated/α-hetero) is 1. The molecular weight excluding hydrogens is 392 g/mol. The number of aliphatic hydroxyl groups excluding tert-OH is 1. The van der Waals surface area contributed by atoms with Crippen LogP contribution in [0.5, 0.6) is 0 Å². The van der Waals surface area contributed by atoms with Gasteiger partial charge in [0.2, 0.25) is 0 Å². The number of ketones is 1. The Labute approximate surface area is 197 Å². The van der Waals surface area contributed by atoms with E-state index in [1.807, 2.05) is 0 Å². The number of allylic oxidation sites excluding steroid dienone is 2. The molecule has 5 aliphatic carbocycles. The van der Waals surface area contributed by atoms with Crippen molar-refractivity contribution in [3.8, 4) is 0 Å². The SMILES string of the molecule is CC1(C)CC(=O)[C@]2(C)CC[C@]3(C)C(=CC[C@@H]4[C@]5(C)CC[C@H](O)C(C)(C)[C@@H]5CC[C@]43C)[C@H]2C1. The fourth-order valence-corrected chi connectivity index (χ4v) is 10.4. The molecule has 0 aromatic heterocycles. The Morgan fingerprint density at radius 1 is 0.875 bits per heavy atom. The van der Waals surface area contributed by atoms with Gasteiger partial charge >= 0.3 is 0 Å². The molecule has 2 nitrogen and oxygen atoms in total. The lowest BCUT2D eigenvalue weighted by Crippen LogP contribution is -2.65. The Hall–Kier alpha value is -0.630. The first-order valence-corrected chi connectivity index (χ1v) is 13.5. The van der Waals surface area contributed by atoms with E-state index in [2.05, 4.69) is 61.5 Å². The third-order valence-corrected chi connectivity index (χ3v) is 12.8. The monoisotopic (exact) mass is 440 g/mol. The third kappa shape index (κ3) is 2.65. The lowest BCUT2D eigenvalue weighted by molar-refractivity contribution is -0.202. The Morgan fingerprint density at radius 2 is 1.56 bits per heavy atom. The van der Waals surface area contributed by atoms with Gasteiger partial charge < -0.3 is 5.11 Å². The average molecular weight is 441 g/mol. The lowest BCUT2D eigenvalue weighted by atomic mass is 9.33. The predicted octanol–water partition coefficient (Wildman–Crippen LogP) is 7.35. The van der Waals surface area contributed by atoms with Crippen LogP contribution < -0.4 is 0 Å². The number of fused-ring (bicyclic) bond motifs is 7. The van der Waals surface area contributed by atoms with Crippen LogP contribution in [0.15, 0.2) is 11.6 Å². The molecule has 4 fully saturated rings. The lowest BCUT2D eigenvalue weighted by Gasteiger charge is -2.71. The number of rotatable bonds is 0. The van der Waals surface area contributed by atoms with Crippen LogP contribution in [0.1, 0.15) is 113 Å². The highest BCUT2D eigenvalue weighted by molar-refractivity contribution is 5.87. The van der Waals surface area contributed by atoms with Gasteiger partial charge in [-0.05, 0) is 96.2 Å². The van der Waals surface area contributed by atoms with Crippen molar-refractivity contribution in [3.05, 3.63) is 11.6 Å². The number of hydrogen-bond donors (Lipinski definition) is 1. The molecule has 2 heteroatoms. The minimum absolute atomic E-state index is 0.00414. The van der Waals surface area contributed by atoms with Gasteiger partial charge in [-0.25, -0.2) is 0 Å². The van der Waals surface area contributed by atoms with Gasteiger partial charge in [0.1, 0.15) is 5.78 Å². The summed E-state index contributed by atoms with van der Waals surface area (Å²) in [6, 6.07) is 0. The number of carbonyl (C=O) groups excluding carboxylic acids is 1. The van der Waals surface area contributed by atoms with Gasteiger partial charge in [0, 0.05) is 11.8 Å². The highest BCUT2D eigenvalue weighted by atomic mass is 16.3. The summed E-state index contributed by atoms with van der Waals surface area (Å²) in [5, 5.41) is 10.9. The number of hydrogen-bond acceptors (Lipinski definition) is 2. The summed E-state index contributed by atoms with van der Waals surface area (Å²) in [7, 11) is 0. The molecule has 0 bridgehead atoms. The van der Waals surface area contributed by atoms with Crippen LogP contribution >= 0.6 is 0 Å². The molecule has 0 radical (unpaired) electrons. The van der Waals surface area contributed by atoms with E-state index in [1.165, 1.54) is 19.3 Å². The van der Waals surface area contributed by atoms with Crippen LogP contribution in [0.2, 0.25) is 0 Å². The smallest absolute Gasteiger partial charge is 0.139 e. The summed E-state index contributed by atoms with van der Waals surface area (Å²) in [6.45, 7) is 19.4. The molecule has 0 aliphatic heterocycles. The second-order valence-corrected chi connectivity index (χ2v) is 15.1. The fourth-order valence-electron chi connectivity index (χ4n) is 10.4. The molecule has 0 heterocycles. The number of aliphatic hydroxyl groups is 1. The minimum atomic E-state index is -0.166. The van der Waals surface area contributed by atoms with Gasteiger partial charge in [-0.15, -0.1) is 0 Å². The molecule has 180 valence electrons. The van der Waals surface area contributed by atoms with Gasteiger partial charge in [-0.3, -0.25) is 4.79 Å². The van der Waals surface area contributed by atoms with Crippen molar-refractivity contribution in [2.75, 3.05) is 0 Å². The van der Waals surface area contributed by atoms with Crippen LogP contribution in [-0.2, 0) is 4.79 Å². The molecule has 8 atom stereocenters. The molecule has 1 N–H and O–H groups in total. The molecule has 0 saturated heterocycles. The molecule has 32 heavy (non-hydrogen) atoms. The molecule has 0 aromatic carbocycles. The highest BCUT2D eigenvalue weighted by Crippen LogP contribution is 2.75. The first-order chi connectivity index (χ1) is 14.6. The Bertz CT molecular complexity index is 866. The molecule has 5 aliphatic rings. The topological polar surface area (TPSA) is 37.3 Å². The summed E-state index contributed by atoms with van der Waals surface area (Å²) in [5.41, 5.74) is 2.40. The zero-order valence-electron chi connectivity index (χ0n) is 22.1. The van der Waals surface area contributed by atoms with Gasteiger partial charge in [0.15, 0.2) is 0 Å². The summed E-state index contributed by atoms with van der Waals surface area (Å²) in [6.07, 6.45) is 12.4. The summed E-state index contributed by atoms with van der Waals surface area (Å²) < 4.78 is 0. The molecule has 0 spiro atoms. The van der Waals surface area contributed by atoms with E-state index in [0.29, 0.717) is 29.0 Å². The summed E-state index contributed by atoms with van der Waals surface area (Å²) in [5.74, 6) is 2.21. The van der Waals surface area contributed by atoms with E-state index < -0.39 is 0 Å². The van der Waals surface area contributed by atoms with Gasteiger partial charge in [0.25, 0.3) is 0 Å². The van der Waals surface area contributed by atoms with E-state index in [-0.39, 0.29) is 33.2 Å². The first kappa shape index (κ1) is 23.1. The van der Waals surface area contributed by atoms with Gasteiger partial charge in [-0.1, -0.05) is 67.0 Å². The Kier molecular flexibility index (Phi) is 4.71. The van der Waals surface area contributed by atoms with Crippen molar-refractivity contribution in [2.45, 2.75) is 119 Å². The van der Waals surface area contributed by atoms with Crippen molar-refractivity contribution in [2.24, 2.45) is 50.2 Å². The second kappa shape index (κ2) is 6.52. The van der Waals surface area contributed by atoms with Crippen molar-refractivity contribution < 1.29 is 9.90 Å². The van der Waals surface area contributed by atoms with Crippen LogP contribution in [0.25, 0.3) is 0 Å². The molecule has 5 rings (SSSR count). The average Bonchev–Trinajstić information content (AvgIpc) is 2.67. The Balaban J connectivity index is 1.59. The standard InChI is InChI=1S/C30H48O2/c1-25(2)17-20-19-9-10-22-28(6)13-12-23(31)26(3,4)21(28)11-14-30(22,8)29(19,7)16-15-27(20,5)24(32)18-25/h9,20-23,31H,10-18H2,1-8H3/t20-,21+,22-,23+,27-,28-,29-,30-/m1/s1. The zero-order valence-corrected chi connectivity index (χ0v) is 22.1. The van der Waals surface area contributed by atoms with E-state index in [0.717, 1.165) is 38.5 Å². The molecule has 4 saturated carbocycles. The molecule has 0 amide bonds. The number of carbonyl (C=O) groups is 1. The predicted molar refractivity (Wildman–Crippen MR) is 131 cm³/mol. The van der Waals surface area contributed by atoms with Crippen LogP contribution in [0, 0.1) is 50.2 Å². The highest BCUT2D eigenvalue weighted by Gasteiger charge is 2.68. The quantitative estimate of drug-likeness (QED) is 0.400. The van der Waals surface area contributed by atoms with Crippen LogP contribution in [0.3, 0.4) is 0 Å². The van der Waals surface area contributed by atoms with Crippen LogP contribution in [-0.4, -0.2) is 17.0 Å². The summed E-state index contributed by atoms with van der Waals surface area (Å²) in [4.78, 5) is 13.4. The van der Waals surface area contributed by atoms with E-state index in [1.54, 1.807) is 5.57 Å². The first-order valence-electron chi connectivity index (χ1n) is 13.5. The minimum Gasteiger partial charge on any atom is -0.393 e. The van der Waals surface area contributed by atoms with E-state index >= 15 is 0 Å². The van der Waals surface area contributed by atoms with Crippen molar-refractivity contribution in [1.82, 2.24) is 0 Å². The molecule has 0 aromatic rings. The van der Waals surface area contributed by atoms with E-state index in [9.17, 15) is 9.90 Å². The third-order valence-electron chi connectivity index (χ3n) is 12.8. The largest absolute Gasteiger partial charge is 0.393 e. The normalized spacial score (nSPS) is 53.9. The zero-order chi connectivity index (χ0) is 23.5. The van der Waals surface area contributed by atoms with Crippen molar-refractivity contribution >= 4 is 5.78 Å². The fraction of sp³-hybridized carbons (Fsp3) is 0.900. The maximum atomic E-state index is 13.4. The maximum absolute atomic E-state index is 13.4. The Morgan fingerprint density at radius 3 is 2.25 bits per heavy atom. The van der Waals surface area contributed by atoms with E-state index in [4.69, 9.17) is 0 Å². The molecule has 0 unspecified atom stereocenters. The van der Waals surface area contributed by atoms with Crippen LogP contribution in [0.4, 0.5) is 0 Å². The molecular formula is C30H48O2. The van der Waals surface area contributed by atoms with Crippen molar-refractivity contribution in [1.29, 1.82) is 0 Å². The van der Waals surface area contributed by atoms with Crippen molar-refractivity contribution in [3.63, 3.8) is 0 Å². The summed E-state index contributed by atoms with van der Waals surface area (Å²) >= 11 is 0. The second-order valence-electron chi connectivity index (χ2n) is 15.1. The van der Waals surface area contributed by atoms with Gasteiger partial charge in [-0.2, -0.15) is 0 Å². The van der Waals surface area contributed by atoms with Gasteiger partial charge in [0.05, 0.1) is 6.10 Å².